The van der Waals surface area contributed by atoms with Gasteiger partial charge in [0.1, 0.15) is 6.10 Å². The molecule has 0 heterocycles. The summed E-state index contributed by atoms with van der Waals surface area (Å²) in [6.07, 6.45) is 50.3. The van der Waals surface area contributed by atoms with Crippen molar-refractivity contribution < 1.29 is 19.4 Å². The number of esters is 1. The Kier molecular flexibility index (Phi) is 43.0. The Morgan fingerprint density at radius 1 is 0.408 bits per heavy atom. The van der Waals surface area contributed by atoms with Crippen LogP contribution in [-0.2, 0) is 14.3 Å². The molecule has 0 aromatic carbocycles. The van der Waals surface area contributed by atoms with Gasteiger partial charge in [-0.1, -0.05) is 239 Å². The van der Waals surface area contributed by atoms with Gasteiger partial charge in [-0.15, -0.1) is 0 Å². The minimum atomic E-state index is -0.524. The number of aliphatic hydroxyl groups excluding tert-OH is 1. The molecule has 49 heavy (non-hydrogen) atoms. The third-order valence-corrected chi connectivity index (χ3v) is 10.4. The van der Waals surface area contributed by atoms with Gasteiger partial charge < -0.3 is 14.6 Å². The van der Waals surface area contributed by atoms with E-state index in [0.29, 0.717) is 19.6 Å². The number of carbonyl (C=O) groups excluding carboxylic acids is 1. The van der Waals surface area contributed by atoms with E-state index in [1.165, 1.54) is 218 Å². The molecule has 1 N–H and O–H groups in total. The Hall–Kier alpha value is -0.610. The number of hydrogen-bond donors (Lipinski definition) is 1. The van der Waals surface area contributed by atoms with Gasteiger partial charge in [-0.05, 0) is 12.8 Å². The summed E-state index contributed by atoms with van der Waals surface area (Å²) in [5, 5.41) is 9.60. The second-order valence-electron chi connectivity index (χ2n) is 15.5. The zero-order valence-electron chi connectivity index (χ0n) is 33.7. The van der Waals surface area contributed by atoms with Crippen LogP contribution in [0, 0.1) is 0 Å². The van der Waals surface area contributed by atoms with Crippen LogP contribution in [-0.4, -0.2) is 37.0 Å². The average Bonchev–Trinajstić information content (AvgIpc) is 3.11. The van der Waals surface area contributed by atoms with Crippen LogP contribution >= 0.6 is 0 Å². The first-order chi connectivity index (χ1) is 24.2. The van der Waals surface area contributed by atoms with Crippen LogP contribution in [0.25, 0.3) is 0 Å². The first-order valence-electron chi connectivity index (χ1n) is 22.6. The molecule has 0 aliphatic rings. The minimum Gasteiger partial charge on any atom is -0.457 e. The monoisotopic (exact) mass is 695 g/mol. The highest BCUT2D eigenvalue weighted by Crippen LogP contribution is 2.16. The van der Waals surface area contributed by atoms with E-state index >= 15 is 0 Å². The summed E-state index contributed by atoms with van der Waals surface area (Å²) in [4.78, 5) is 12.2. The molecule has 0 amide bonds. The predicted octanol–water partition coefficient (Wildman–Crippen LogP) is 14.8. The molecule has 4 heteroatoms. The molecule has 0 aromatic rings. The smallest absolute Gasteiger partial charge is 0.306 e. The molecule has 0 saturated carbocycles. The topological polar surface area (TPSA) is 55.8 Å². The Bertz CT molecular complexity index is 609. The highest BCUT2D eigenvalue weighted by molar-refractivity contribution is 5.69. The van der Waals surface area contributed by atoms with Crippen molar-refractivity contribution >= 4 is 5.97 Å². The van der Waals surface area contributed by atoms with Gasteiger partial charge in [0.2, 0.25) is 0 Å². The summed E-state index contributed by atoms with van der Waals surface area (Å²) in [5.74, 6) is -0.193. The molecule has 294 valence electrons. The van der Waals surface area contributed by atoms with E-state index in [9.17, 15) is 9.90 Å². The lowest BCUT2D eigenvalue weighted by atomic mass is 10.0. The summed E-state index contributed by atoms with van der Waals surface area (Å²) < 4.78 is 11.2. The van der Waals surface area contributed by atoms with Gasteiger partial charge in [-0.2, -0.15) is 0 Å². The molecular formula is C45H90O4. The number of hydrogen-bond acceptors (Lipinski definition) is 4. The van der Waals surface area contributed by atoms with Gasteiger partial charge in [0.05, 0.1) is 13.2 Å². The second-order valence-corrected chi connectivity index (χ2v) is 15.5. The zero-order chi connectivity index (χ0) is 35.6. The van der Waals surface area contributed by atoms with Gasteiger partial charge in [0, 0.05) is 13.0 Å². The number of ether oxygens (including phenoxy) is 2. The summed E-state index contributed by atoms with van der Waals surface area (Å²) >= 11 is 0. The van der Waals surface area contributed by atoms with Crippen LogP contribution in [0.1, 0.15) is 258 Å². The summed E-state index contributed by atoms with van der Waals surface area (Å²) in [5.41, 5.74) is 0. The molecule has 1 atom stereocenters. The summed E-state index contributed by atoms with van der Waals surface area (Å²) in [7, 11) is 0. The Balaban J connectivity index is 3.32. The lowest BCUT2D eigenvalue weighted by Gasteiger charge is -2.16. The third-order valence-electron chi connectivity index (χ3n) is 10.4. The maximum atomic E-state index is 12.2. The van der Waals surface area contributed by atoms with Crippen molar-refractivity contribution in [3.05, 3.63) is 0 Å². The first kappa shape index (κ1) is 48.4. The van der Waals surface area contributed by atoms with E-state index in [-0.39, 0.29) is 12.6 Å². The fourth-order valence-electron chi connectivity index (χ4n) is 7.04. The number of unbranched alkanes of at least 4 members (excludes halogenated alkanes) is 35. The molecule has 1 unspecified atom stereocenters. The summed E-state index contributed by atoms with van der Waals surface area (Å²) in [6, 6.07) is 0. The van der Waals surface area contributed by atoms with Crippen molar-refractivity contribution in [2.75, 3.05) is 19.8 Å². The van der Waals surface area contributed by atoms with Gasteiger partial charge in [-0.3, -0.25) is 4.79 Å². The Morgan fingerprint density at radius 2 is 0.673 bits per heavy atom. The number of rotatable bonds is 43. The molecule has 0 radical (unpaired) electrons. The van der Waals surface area contributed by atoms with E-state index < -0.39 is 6.10 Å². The van der Waals surface area contributed by atoms with Crippen LogP contribution < -0.4 is 0 Å². The Labute approximate surface area is 308 Å². The van der Waals surface area contributed by atoms with Crippen molar-refractivity contribution in [1.29, 1.82) is 0 Å². The van der Waals surface area contributed by atoms with Crippen LogP contribution in [0.3, 0.4) is 0 Å². The number of carbonyl (C=O) groups is 1. The molecule has 0 aliphatic carbocycles. The molecule has 4 nitrogen and oxygen atoms in total. The maximum absolute atomic E-state index is 12.2. The van der Waals surface area contributed by atoms with Crippen LogP contribution in [0.4, 0.5) is 0 Å². The zero-order valence-corrected chi connectivity index (χ0v) is 33.7. The molecule has 0 aromatic heterocycles. The highest BCUT2D eigenvalue weighted by Gasteiger charge is 2.13. The highest BCUT2D eigenvalue weighted by atomic mass is 16.6. The summed E-state index contributed by atoms with van der Waals surface area (Å²) in [6.45, 7) is 5.40. The average molecular weight is 695 g/mol. The largest absolute Gasteiger partial charge is 0.457 e. The first-order valence-corrected chi connectivity index (χ1v) is 22.6. The standard InChI is InChI=1S/C45H90O4/c1-3-5-7-9-11-13-15-17-19-20-21-22-23-24-25-26-27-29-31-33-35-37-39-41-48-43-44(42-46)49-45(47)40-38-36-34-32-30-28-18-16-14-12-10-8-6-4-2/h44,46H,3-43H2,1-2H3. The van der Waals surface area contributed by atoms with Crippen molar-refractivity contribution in [2.24, 2.45) is 0 Å². The van der Waals surface area contributed by atoms with Crippen LogP contribution in [0.5, 0.6) is 0 Å². The SMILES string of the molecule is CCCCCCCCCCCCCCCCCCCCCCCCCOCC(CO)OC(=O)CCCCCCCCCCCCCCCC. The van der Waals surface area contributed by atoms with Crippen LogP contribution in [0.2, 0.25) is 0 Å². The quantitative estimate of drug-likeness (QED) is 0.0510. The van der Waals surface area contributed by atoms with E-state index in [0.717, 1.165) is 19.3 Å². The molecule has 0 spiro atoms. The predicted molar refractivity (Wildman–Crippen MR) is 215 cm³/mol. The van der Waals surface area contributed by atoms with Gasteiger partial charge in [-0.25, -0.2) is 0 Å². The lowest BCUT2D eigenvalue weighted by molar-refractivity contribution is -0.154. The number of aliphatic hydroxyl groups is 1. The van der Waals surface area contributed by atoms with Gasteiger partial charge >= 0.3 is 5.97 Å². The molecule has 0 fully saturated rings. The van der Waals surface area contributed by atoms with E-state index in [2.05, 4.69) is 13.8 Å². The Morgan fingerprint density at radius 3 is 0.959 bits per heavy atom. The maximum Gasteiger partial charge on any atom is 0.306 e. The second kappa shape index (κ2) is 43.6. The van der Waals surface area contributed by atoms with Crippen molar-refractivity contribution in [3.63, 3.8) is 0 Å². The minimum absolute atomic E-state index is 0.163. The van der Waals surface area contributed by atoms with E-state index in [4.69, 9.17) is 9.47 Å². The molecule has 0 bridgehead atoms. The molecule has 0 rings (SSSR count). The third kappa shape index (κ3) is 41.7. The fourth-order valence-corrected chi connectivity index (χ4v) is 7.04. The van der Waals surface area contributed by atoms with Crippen LogP contribution in [0.15, 0.2) is 0 Å². The van der Waals surface area contributed by atoms with E-state index in [1.807, 2.05) is 0 Å². The lowest BCUT2D eigenvalue weighted by Crippen LogP contribution is -2.27. The fraction of sp³-hybridized carbons (Fsp3) is 0.978. The molecule has 0 saturated heterocycles. The molecule has 0 aliphatic heterocycles. The van der Waals surface area contributed by atoms with Crippen molar-refractivity contribution in [2.45, 2.75) is 264 Å². The molecular weight excluding hydrogens is 604 g/mol. The van der Waals surface area contributed by atoms with Crippen molar-refractivity contribution in [1.82, 2.24) is 0 Å². The van der Waals surface area contributed by atoms with Gasteiger partial charge in [0.25, 0.3) is 0 Å². The van der Waals surface area contributed by atoms with E-state index in [1.54, 1.807) is 0 Å². The van der Waals surface area contributed by atoms with Gasteiger partial charge in [0.15, 0.2) is 0 Å². The normalized spacial score (nSPS) is 12.1. The van der Waals surface area contributed by atoms with Crippen molar-refractivity contribution in [3.8, 4) is 0 Å².